The lowest BCUT2D eigenvalue weighted by molar-refractivity contribution is -0.137. The molecule has 1 fully saturated rings. The van der Waals surface area contributed by atoms with Gasteiger partial charge in [-0.05, 0) is 38.0 Å². The number of nitriles is 1. The first kappa shape index (κ1) is 19.0. The topological polar surface area (TPSA) is 44.1 Å². The van der Waals surface area contributed by atoms with Crippen molar-refractivity contribution < 1.29 is 18.0 Å². The Morgan fingerprint density at radius 2 is 1.74 bits per heavy atom. The number of aryl methyl sites for hydroxylation is 1. The number of nitrogens with zero attached hydrogens (tertiary/aromatic N) is 2. The zero-order valence-corrected chi connectivity index (χ0v) is 14.9. The minimum Gasteiger partial charge on any atom is -0.371 e. The summed E-state index contributed by atoms with van der Waals surface area (Å²) in [6, 6.07) is 12.8. The Hall–Kier alpha value is -2.81. The molecule has 0 bridgehead atoms. The van der Waals surface area contributed by atoms with E-state index in [1.165, 1.54) is 12.1 Å². The second kappa shape index (κ2) is 7.43. The first-order valence-electron chi connectivity index (χ1n) is 8.77. The van der Waals surface area contributed by atoms with Gasteiger partial charge in [0.2, 0.25) is 0 Å². The van der Waals surface area contributed by atoms with E-state index in [1.54, 1.807) is 6.07 Å². The number of hydrogen-bond donors (Lipinski definition) is 0. The highest BCUT2D eigenvalue weighted by molar-refractivity contribution is 5.98. The molecule has 140 valence electrons. The van der Waals surface area contributed by atoms with Gasteiger partial charge in [0.05, 0.1) is 17.2 Å². The van der Waals surface area contributed by atoms with Crippen molar-refractivity contribution in [3.8, 4) is 6.07 Å². The van der Waals surface area contributed by atoms with Gasteiger partial charge in [0.1, 0.15) is 0 Å². The molecule has 6 heteroatoms. The van der Waals surface area contributed by atoms with E-state index in [1.807, 2.05) is 36.1 Å². The van der Waals surface area contributed by atoms with Crippen LogP contribution in [-0.4, -0.2) is 18.9 Å². The summed E-state index contributed by atoms with van der Waals surface area (Å²) in [4.78, 5) is 14.5. The molecule has 2 aromatic rings. The zero-order valence-electron chi connectivity index (χ0n) is 14.9. The molecule has 1 aliphatic rings. The van der Waals surface area contributed by atoms with Crippen molar-refractivity contribution in [3.05, 3.63) is 64.7 Å². The Morgan fingerprint density at radius 1 is 1.11 bits per heavy atom. The summed E-state index contributed by atoms with van der Waals surface area (Å²) in [5.41, 5.74) is 0.901. The predicted molar refractivity (Wildman–Crippen MR) is 96.6 cm³/mol. The van der Waals surface area contributed by atoms with Crippen LogP contribution >= 0.6 is 0 Å². The number of carbonyl (C=O) groups excluding carboxylic acids is 1. The summed E-state index contributed by atoms with van der Waals surface area (Å²) in [6.45, 7) is 2.97. The van der Waals surface area contributed by atoms with Gasteiger partial charge in [0, 0.05) is 30.3 Å². The predicted octanol–water partition coefficient (Wildman–Crippen LogP) is 4.98. The molecule has 2 aromatic carbocycles. The zero-order chi connectivity index (χ0) is 19.6. The van der Waals surface area contributed by atoms with Crippen LogP contribution < -0.4 is 4.90 Å². The van der Waals surface area contributed by atoms with Crippen LogP contribution in [0.4, 0.5) is 18.9 Å². The lowest BCUT2D eigenvalue weighted by Crippen LogP contribution is -2.36. The van der Waals surface area contributed by atoms with Crippen LogP contribution in [0.25, 0.3) is 0 Å². The molecule has 0 radical (unpaired) electrons. The molecule has 3 nitrogen and oxygen atoms in total. The van der Waals surface area contributed by atoms with E-state index in [0.717, 1.165) is 11.6 Å². The summed E-state index contributed by atoms with van der Waals surface area (Å²) in [5, 5.41) is 8.90. The minimum atomic E-state index is -4.57. The van der Waals surface area contributed by atoms with Gasteiger partial charge in [-0.15, -0.1) is 0 Å². The molecule has 1 heterocycles. The fourth-order valence-electron chi connectivity index (χ4n) is 3.41. The smallest absolute Gasteiger partial charge is 0.371 e. The number of anilines is 1. The van der Waals surface area contributed by atoms with E-state index in [-0.39, 0.29) is 17.3 Å². The van der Waals surface area contributed by atoms with E-state index in [4.69, 9.17) is 5.26 Å². The van der Waals surface area contributed by atoms with Crippen molar-refractivity contribution in [2.75, 3.05) is 18.0 Å². The first-order valence-corrected chi connectivity index (χ1v) is 8.77. The van der Waals surface area contributed by atoms with E-state index >= 15 is 0 Å². The van der Waals surface area contributed by atoms with Gasteiger partial charge in [-0.2, -0.15) is 18.4 Å². The maximum Gasteiger partial charge on any atom is 0.417 e. The monoisotopic (exact) mass is 372 g/mol. The molecule has 0 saturated carbocycles. The molecule has 0 N–H and O–H groups in total. The van der Waals surface area contributed by atoms with Crippen molar-refractivity contribution in [2.45, 2.75) is 25.9 Å². The van der Waals surface area contributed by atoms with Crippen LogP contribution in [0.3, 0.4) is 0 Å². The quantitative estimate of drug-likeness (QED) is 0.714. The Balaban J connectivity index is 1.71. The van der Waals surface area contributed by atoms with Crippen LogP contribution in [0, 0.1) is 24.2 Å². The van der Waals surface area contributed by atoms with Gasteiger partial charge >= 0.3 is 6.18 Å². The van der Waals surface area contributed by atoms with Crippen molar-refractivity contribution in [2.24, 2.45) is 5.92 Å². The highest BCUT2D eigenvalue weighted by Crippen LogP contribution is 2.35. The average Bonchev–Trinajstić information content (AvgIpc) is 2.67. The standard InChI is InChI=1S/C21H19F3N2O/c1-14-2-4-15(5-3-14)20(27)16-8-10-26(11-9-16)18-7-6-17(13-25)19(12-18)21(22,23)24/h2-7,12,16H,8-11H2,1H3. The number of carbonyl (C=O) groups is 1. The van der Waals surface area contributed by atoms with Crippen molar-refractivity contribution in [1.82, 2.24) is 0 Å². The molecule has 3 rings (SSSR count). The van der Waals surface area contributed by atoms with E-state index < -0.39 is 11.7 Å². The van der Waals surface area contributed by atoms with Crippen molar-refractivity contribution in [1.29, 1.82) is 5.26 Å². The third-order valence-corrected chi connectivity index (χ3v) is 5.00. The summed E-state index contributed by atoms with van der Waals surface area (Å²) in [6.07, 6.45) is -3.39. The summed E-state index contributed by atoms with van der Waals surface area (Å²) in [5.74, 6) is -0.0325. The second-order valence-electron chi connectivity index (χ2n) is 6.83. The Bertz CT molecular complexity index is 874. The number of halogens is 3. The third-order valence-electron chi connectivity index (χ3n) is 5.00. The lowest BCUT2D eigenvalue weighted by atomic mass is 9.88. The maximum absolute atomic E-state index is 13.2. The van der Waals surface area contributed by atoms with Gasteiger partial charge < -0.3 is 4.90 Å². The molecule has 0 aromatic heterocycles. The van der Waals surface area contributed by atoms with E-state index in [9.17, 15) is 18.0 Å². The van der Waals surface area contributed by atoms with Crippen LogP contribution in [0.15, 0.2) is 42.5 Å². The molecule has 0 spiro atoms. The molecular weight excluding hydrogens is 353 g/mol. The second-order valence-corrected chi connectivity index (χ2v) is 6.83. The lowest BCUT2D eigenvalue weighted by Gasteiger charge is -2.33. The van der Waals surface area contributed by atoms with E-state index in [2.05, 4.69) is 0 Å². The summed E-state index contributed by atoms with van der Waals surface area (Å²) >= 11 is 0. The van der Waals surface area contributed by atoms with E-state index in [0.29, 0.717) is 37.2 Å². The molecule has 0 amide bonds. The Morgan fingerprint density at radius 3 is 2.30 bits per heavy atom. The molecule has 0 unspecified atom stereocenters. The molecular formula is C21H19F3N2O. The number of rotatable bonds is 3. The Kier molecular flexibility index (Phi) is 5.22. The number of piperidine rings is 1. The first-order chi connectivity index (χ1) is 12.8. The summed E-state index contributed by atoms with van der Waals surface area (Å²) < 4.78 is 39.5. The molecule has 0 aliphatic carbocycles. The molecule has 27 heavy (non-hydrogen) atoms. The highest BCUT2D eigenvalue weighted by atomic mass is 19.4. The summed E-state index contributed by atoms with van der Waals surface area (Å²) in [7, 11) is 0. The van der Waals surface area contributed by atoms with Crippen LogP contribution in [-0.2, 0) is 6.18 Å². The highest BCUT2D eigenvalue weighted by Gasteiger charge is 2.34. The average molecular weight is 372 g/mol. The number of benzene rings is 2. The van der Waals surface area contributed by atoms with Gasteiger partial charge in [0.25, 0.3) is 0 Å². The minimum absolute atomic E-state index is 0.0884. The number of hydrogen-bond acceptors (Lipinski definition) is 3. The normalized spacial score (nSPS) is 15.4. The molecule has 0 atom stereocenters. The fourth-order valence-corrected chi connectivity index (χ4v) is 3.41. The fraction of sp³-hybridized carbons (Fsp3) is 0.333. The van der Waals surface area contributed by atoms with Crippen molar-refractivity contribution >= 4 is 11.5 Å². The van der Waals surface area contributed by atoms with Crippen LogP contribution in [0.2, 0.25) is 0 Å². The van der Waals surface area contributed by atoms with Crippen LogP contribution in [0.1, 0.15) is 39.9 Å². The van der Waals surface area contributed by atoms with Gasteiger partial charge in [-0.1, -0.05) is 29.8 Å². The largest absolute Gasteiger partial charge is 0.417 e. The van der Waals surface area contributed by atoms with Crippen LogP contribution in [0.5, 0.6) is 0 Å². The molecule has 1 saturated heterocycles. The van der Waals surface area contributed by atoms with Gasteiger partial charge in [-0.25, -0.2) is 0 Å². The van der Waals surface area contributed by atoms with Crippen molar-refractivity contribution in [3.63, 3.8) is 0 Å². The number of ketones is 1. The number of Topliss-reactive ketones (excluding diaryl/α,β-unsaturated/α-hetero) is 1. The molecule has 1 aliphatic heterocycles. The van der Waals surface area contributed by atoms with Gasteiger partial charge in [-0.3, -0.25) is 4.79 Å². The van der Waals surface area contributed by atoms with Gasteiger partial charge in [0.15, 0.2) is 5.78 Å². The SMILES string of the molecule is Cc1ccc(C(=O)C2CCN(c3ccc(C#N)c(C(F)(F)F)c3)CC2)cc1. The third kappa shape index (κ3) is 4.13. The number of alkyl halides is 3. The maximum atomic E-state index is 13.2. The Labute approximate surface area is 156 Å².